The van der Waals surface area contributed by atoms with E-state index in [9.17, 15) is 0 Å². The third-order valence-electron chi connectivity index (χ3n) is 3.72. The molecular formula is C11H21N5. The molecule has 1 aliphatic rings. The van der Waals surface area contributed by atoms with Crippen molar-refractivity contribution in [3.05, 3.63) is 5.82 Å². The summed E-state index contributed by atoms with van der Waals surface area (Å²) in [5, 5.41) is 4.42. The topological polar surface area (TPSA) is 82.8 Å². The molecule has 1 saturated carbocycles. The van der Waals surface area contributed by atoms with Gasteiger partial charge in [0.25, 0.3) is 0 Å². The minimum atomic E-state index is -0.0358. The lowest BCUT2D eigenvalue weighted by Crippen LogP contribution is -2.36. The predicted octanol–water partition coefficient (Wildman–Crippen LogP) is 0.948. The quantitative estimate of drug-likeness (QED) is 0.731. The van der Waals surface area contributed by atoms with Crippen LogP contribution in [0.2, 0.25) is 0 Å². The summed E-state index contributed by atoms with van der Waals surface area (Å²) in [5.41, 5.74) is 11.7. The van der Waals surface area contributed by atoms with Crippen molar-refractivity contribution in [2.75, 3.05) is 12.3 Å². The molecule has 1 aromatic heterocycles. The lowest BCUT2D eigenvalue weighted by molar-refractivity contribution is 0.358. The molecule has 5 heteroatoms. The molecule has 0 radical (unpaired) electrons. The van der Waals surface area contributed by atoms with Gasteiger partial charge in [-0.3, -0.25) is 0 Å². The number of aryl methyl sites for hydroxylation is 1. The number of anilines is 1. The maximum absolute atomic E-state index is 5.97. The maximum atomic E-state index is 5.97. The molecule has 0 bridgehead atoms. The van der Waals surface area contributed by atoms with Crippen LogP contribution in [0.15, 0.2) is 0 Å². The van der Waals surface area contributed by atoms with Crippen LogP contribution >= 0.6 is 0 Å². The van der Waals surface area contributed by atoms with Crippen LogP contribution in [0.1, 0.15) is 44.3 Å². The lowest BCUT2D eigenvalue weighted by Gasteiger charge is -2.27. The Bertz CT molecular complexity index is 330. The van der Waals surface area contributed by atoms with E-state index in [0.717, 1.165) is 18.7 Å². The lowest BCUT2D eigenvalue weighted by atomic mass is 9.80. The summed E-state index contributed by atoms with van der Waals surface area (Å²) in [4.78, 5) is 4.37. The average Bonchev–Trinajstić information content (AvgIpc) is 2.54. The zero-order valence-corrected chi connectivity index (χ0v) is 9.95. The summed E-state index contributed by atoms with van der Waals surface area (Å²) >= 11 is 0. The zero-order chi connectivity index (χ0) is 11.6. The minimum absolute atomic E-state index is 0.0358. The second-order valence-corrected chi connectivity index (χ2v) is 4.82. The first-order valence-corrected chi connectivity index (χ1v) is 6.05. The monoisotopic (exact) mass is 223 g/mol. The summed E-state index contributed by atoms with van der Waals surface area (Å²) in [6.45, 7) is 0.621. The molecule has 5 nitrogen and oxygen atoms in total. The van der Waals surface area contributed by atoms with Gasteiger partial charge in [-0.1, -0.05) is 25.7 Å². The highest BCUT2D eigenvalue weighted by Gasteiger charge is 2.35. The number of nitrogens with two attached hydrogens (primary N) is 2. The first kappa shape index (κ1) is 11.4. The van der Waals surface area contributed by atoms with Crippen molar-refractivity contribution >= 4 is 5.95 Å². The van der Waals surface area contributed by atoms with Gasteiger partial charge in [-0.05, 0) is 12.8 Å². The second kappa shape index (κ2) is 4.41. The Morgan fingerprint density at radius 3 is 2.31 bits per heavy atom. The highest BCUT2D eigenvalue weighted by molar-refractivity contribution is 5.21. The van der Waals surface area contributed by atoms with E-state index in [-0.39, 0.29) is 5.41 Å². The van der Waals surface area contributed by atoms with Crippen LogP contribution in [0.25, 0.3) is 0 Å². The highest BCUT2D eigenvalue weighted by atomic mass is 15.4. The van der Waals surface area contributed by atoms with Gasteiger partial charge in [-0.2, -0.15) is 10.1 Å². The average molecular weight is 223 g/mol. The third-order valence-corrected chi connectivity index (χ3v) is 3.72. The van der Waals surface area contributed by atoms with Crippen LogP contribution in [0.5, 0.6) is 0 Å². The molecule has 0 aromatic carbocycles. The van der Waals surface area contributed by atoms with E-state index in [4.69, 9.17) is 11.5 Å². The fourth-order valence-corrected chi connectivity index (χ4v) is 2.55. The molecule has 1 aromatic rings. The molecule has 90 valence electrons. The number of rotatable bonds is 2. The van der Waals surface area contributed by atoms with Gasteiger partial charge in [0.05, 0.1) is 0 Å². The summed E-state index contributed by atoms with van der Waals surface area (Å²) in [7, 11) is 1.83. The van der Waals surface area contributed by atoms with Crippen molar-refractivity contribution in [2.24, 2.45) is 12.8 Å². The Morgan fingerprint density at radius 1 is 1.25 bits per heavy atom. The van der Waals surface area contributed by atoms with E-state index in [1.165, 1.54) is 25.7 Å². The molecule has 1 fully saturated rings. The van der Waals surface area contributed by atoms with Gasteiger partial charge in [0.15, 0.2) is 5.82 Å². The van der Waals surface area contributed by atoms with E-state index in [1.807, 2.05) is 7.05 Å². The van der Waals surface area contributed by atoms with Gasteiger partial charge in [0, 0.05) is 19.0 Å². The van der Waals surface area contributed by atoms with E-state index in [2.05, 4.69) is 10.1 Å². The van der Waals surface area contributed by atoms with Gasteiger partial charge in [0.1, 0.15) is 0 Å². The number of hydrogen-bond acceptors (Lipinski definition) is 4. The minimum Gasteiger partial charge on any atom is -0.368 e. The molecule has 0 amide bonds. The SMILES string of the molecule is Cn1nc(C2(CN)CCCCCC2)nc1N. The Balaban J connectivity index is 2.31. The van der Waals surface area contributed by atoms with Gasteiger partial charge in [0.2, 0.25) is 5.95 Å². The van der Waals surface area contributed by atoms with Crippen LogP contribution in [0, 0.1) is 0 Å². The molecule has 1 heterocycles. The van der Waals surface area contributed by atoms with Crippen molar-refractivity contribution in [2.45, 2.75) is 43.9 Å². The molecule has 0 aliphatic heterocycles. The molecule has 0 spiro atoms. The van der Waals surface area contributed by atoms with E-state index in [0.29, 0.717) is 12.5 Å². The van der Waals surface area contributed by atoms with Crippen LogP contribution in [0.3, 0.4) is 0 Å². The molecule has 0 unspecified atom stereocenters. The first-order valence-electron chi connectivity index (χ1n) is 6.05. The predicted molar refractivity (Wildman–Crippen MR) is 63.8 cm³/mol. The summed E-state index contributed by atoms with van der Waals surface area (Å²) < 4.78 is 1.64. The molecule has 0 atom stereocenters. The standard InChI is InChI=1S/C11H21N5/c1-16-10(13)14-9(15-16)11(8-12)6-4-2-3-5-7-11/h2-8,12H2,1H3,(H2,13,14,15). The summed E-state index contributed by atoms with van der Waals surface area (Å²) in [5.74, 6) is 1.32. The molecule has 0 saturated heterocycles. The second-order valence-electron chi connectivity index (χ2n) is 4.82. The van der Waals surface area contributed by atoms with Crippen molar-refractivity contribution in [1.82, 2.24) is 14.8 Å². The Labute approximate surface area is 96.2 Å². The van der Waals surface area contributed by atoms with Gasteiger partial charge in [-0.15, -0.1) is 0 Å². The van der Waals surface area contributed by atoms with E-state index >= 15 is 0 Å². The summed E-state index contributed by atoms with van der Waals surface area (Å²) in [6.07, 6.45) is 7.21. The zero-order valence-electron chi connectivity index (χ0n) is 9.95. The Kier molecular flexibility index (Phi) is 3.14. The molecular weight excluding hydrogens is 202 g/mol. The normalized spacial score (nSPS) is 20.6. The molecule has 16 heavy (non-hydrogen) atoms. The number of nitrogens with zero attached hydrogens (tertiary/aromatic N) is 3. The molecule has 2 rings (SSSR count). The smallest absolute Gasteiger partial charge is 0.218 e. The first-order chi connectivity index (χ1) is 7.68. The van der Waals surface area contributed by atoms with Crippen molar-refractivity contribution in [3.63, 3.8) is 0 Å². The van der Waals surface area contributed by atoms with Crippen LogP contribution in [-0.2, 0) is 12.5 Å². The third kappa shape index (κ3) is 1.91. The van der Waals surface area contributed by atoms with E-state index < -0.39 is 0 Å². The largest absolute Gasteiger partial charge is 0.368 e. The van der Waals surface area contributed by atoms with Crippen LogP contribution < -0.4 is 11.5 Å². The van der Waals surface area contributed by atoms with Crippen molar-refractivity contribution in [1.29, 1.82) is 0 Å². The van der Waals surface area contributed by atoms with E-state index in [1.54, 1.807) is 4.68 Å². The highest BCUT2D eigenvalue weighted by Crippen LogP contribution is 2.35. The number of hydrogen-bond donors (Lipinski definition) is 2. The number of aromatic nitrogens is 3. The van der Waals surface area contributed by atoms with Gasteiger partial charge in [-0.25, -0.2) is 4.68 Å². The number of nitrogen functional groups attached to an aromatic ring is 1. The Hall–Kier alpha value is -1.10. The van der Waals surface area contributed by atoms with Gasteiger partial charge >= 0.3 is 0 Å². The molecule has 1 aliphatic carbocycles. The summed E-state index contributed by atoms with van der Waals surface area (Å²) in [6, 6.07) is 0. The van der Waals surface area contributed by atoms with Gasteiger partial charge < -0.3 is 11.5 Å². The molecule has 4 N–H and O–H groups in total. The van der Waals surface area contributed by atoms with Crippen molar-refractivity contribution in [3.8, 4) is 0 Å². The maximum Gasteiger partial charge on any atom is 0.218 e. The van der Waals surface area contributed by atoms with Crippen LogP contribution in [0.4, 0.5) is 5.95 Å². The fourth-order valence-electron chi connectivity index (χ4n) is 2.55. The fraction of sp³-hybridized carbons (Fsp3) is 0.818. The van der Waals surface area contributed by atoms with Crippen molar-refractivity contribution < 1.29 is 0 Å². The Morgan fingerprint density at radius 2 is 1.88 bits per heavy atom. The van der Waals surface area contributed by atoms with Crippen LogP contribution in [-0.4, -0.2) is 21.3 Å².